The molecule has 0 unspecified atom stereocenters. The summed E-state index contributed by atoms with van der Waals surface area (Å²) in [6, 6.07) is 7.26. The number of benzene rings is 1. The molecule has 0 aromatic heterocycles. The molecule has 0 amide bonds. The SMILES string of the molecule is CCCCOc1cccc(N2COCC(C(=O)OC)=C2C(=O)OC)c1. The first-order chi connectivity index (χ1) is 12.1. The predicted molar refractivity (Wildman–Crippen MR) is 91.2 cm³/mol. The average Bonchev–Trinajstić information content (AvgIpc) is 2.66. The van der Waals surface area contributed by atoms with Crippen molar-refractivity contribution in [3.63, 3.8) is 0 Å². The Hall–Kier alpha value is -2.54. The molecule has 2 rings (SSSR count). The third-order valence-corrected chi connectivity index (χ3v) is 3.73. The van der Waals surface area contributed by atoms with E-state index in [2.05, 4.69) is 6.92 Å². The average molecular weight is 349 g/mol. The molecule has 0 saturated heterocycles. The van der Waals surface area contributed by atoms with Crippen LogP contribution in [0.3, 0.4) is 0 Å². The van der Waals surface area contributed by atoms with Crippen molar-refractivity contribution >= 4 is 17.6 Å². The highest BCUT2D eigenvalue weighted by Crippen LogP contribution is 2.29. The lowest BCUT2D eigenvalue weighted by Crippen LogP contribution is -2.38. The molecule has 0 radical (unpaired) electrons. The highest BCUT2D eigenvalue weighted by molar-refractivity contribution is 6.03. The number of hydrogen-bond acceptors (Lipinski definition) is 7. The van der Waals surface area contributed by atoms with Crippen molar-refractivity contribution in [2.75, 3.05) is 39.1 Å². The van der Waals surface area contributed by atoms with Crippen molar-refractivity contribution in [2.24, 2.45) is 0 Å². The Morgan fingerprint density at radius 2 is 1.96 bits per heavy atom. The number of ether oxygens (including phenoxy) is 4. The van der Waals surface area contributed by atoms with E-state index >= 15 is 0 Å². The summed E-state index contributed by atoms with van der Waals surface area (Å²) in [5, 5.41) is 0. The highest BCUT2D eigenvalue weighted by atomic mass is 16.5. The van der Waals surface area contributed by atoms with Gasteiger partial charge in [-0.1, -0.05) is 19.4 Å². The van der Waals surface area contributed by atoms with Gasteiger partial charge in [0.1, 0.15) is 18.2 Å². The van der Waals surface area contributed by atoms with Gasteiger partial charge in [-0.15, -0.1) is 0 Å². The number of carbonyl (C=O) groups is 2. The summed E-state index contributed by atoms with van der Waals surface area (Å²) in [5.74, 6) is -0.568. The number of rotatable bonds is 7. The molecular formula is C18H23NO6. The molecule has 0 fully saturated rings. The quantitative estimate of drug-likeness (QED) is 0.552. The molecule has 0 saturated carbocycles. The van der Waals surface area contributed by atoms with Crippen molar-refractivity contribution < 1.29 is 28.5 Å². The van der Waals surface area contributed by atoms with E-state index in [1.807, 2.05) is 12.1 Å². The maximum absolute atomic E-state index is 12.3. The van der Waals surface area contributed by atoms with E-state index in [0.717, 1.165) is 12.8 Å². The largest absolute Gasteiger partial charge is 0.494 e. The van der Waals surface area contributed by atoms with Crippen LogP contribution >= 0.6 is 0 Å². The lowest BCUT2D eigenvalue weighted by atomic mass is 10.1. The van der Waals surface area contributed by atoms with Crippen LogP contribution in [-0.4, -0.2) is 46.1 Å². The number of carbonyl (C=O) groups excluding carboxylic acids is 2. The van der Waals surface area contributed by atoms with Crippen LogP contribution in [0.2, 0.25) is 0 Å². The molecule has 1 heterocycles. The fraction of sp³-hybridized carbons (Fsp3) is 0.444. The molecule has 1 aliphatic heterocycles. The molecule has 1 aromatic rings. The summed E-state index contributed by atoms with van der Waals surface area (Å²) < 4.78 is 20.8. The van der Waals surface area contributed by atoms with E-state index in [1.54, 1.807) is 17.0 Å². The van der Waals surface area contributed by atoms with Gasteiger partial charge in [-0.3, -0.25) is 0 Å². The second kappa shape index (κ2) is 9.08. The summed E-state index contributed by atoms with van der Waals surface area (Å²) in [6.07, 6.45) is 1.99. The topological polar surface area (TPSA) is 74.3 Å². The van der Waals surface area contributed by atoms with Crippen molar-refractivity contribution in [2.45, 2.75) is 19.8 Å². The van der Waals surface area contributed by atoms with E-state index in [1.165, 1.54) is 14.2 Å². The standard InChI is InChI=1S/C18H23NO6/c1-4-5-9-25-14-8-6-7-13(10-14)19-12-24-11-15(17(20)22-2)16(19)18(21)23-3/h6-8,10H,4-5,9,11-12H2,1-3H3. The molecule has 1 aliphatic rings. The second-order valence-electron chi connectivity index (χ2n) is 5.42. The number of nitrogens with zero attached hydrogens (tertiary/aromatic N) is 1. The molecular weight excluding hydrogens is 326 g/mol. The zero-order valence-electron chi connectivity index (χ0n) is 14.7. The van der Waals surface area contributed by atoms with E-state index in [-0.39, 0.29) is 24.6 Å². The molecule has 25 heavy (non-hydrogen) atoms. The normalized spacial score (nSPS) is 14.3. The van der Waals surface area contributed by atoms with Gasteiger partial charge in [-0.2, -0.15) is 0 Å². The smallest absolute Gasteiger partial charge is 0.355 e. The van der Waals surface area contributed by atoms with Crippen LogP contribution in [0, 0.1) is 0 Å². The Balaban J connectivity index is 2.36. The third-order valence-electron chi connectivity index (χ3n) is 3.73. The highest BCUT2D eigenvalue weighted by Gasteiger charge is 2.32. The van der Waals surface area contributed by atoms with Crippen LogP contribution in [0.15, 0.2) is 35.5 Å². The van der Waals surface area contributed by atoms with Crippen LogP contribution in [-0.2, 0) is 23.8 Å². The Kier molecular flexibility index (Phi) is 6.82. The van der Waals surface area contributed by atoms with Gasteiger partial charge in [0.05, 0.1) is 33.0 Å². The first-order valence-electron chi connectivity index (χ1n) is 8.10. The van der Waals surface area contributed by atoms with E-state index in [0.29, 0.717) is 18.0 Å². The maximum atomic E-state index is 12.3. The van der Waals surface area contributed by atoms with Gasteiger partial charge in [-0.25, -0.2) is 9.59 Å². The van der Waals surface area contributed by atoms with Crippen LogP contribution in [0.1, 0.15) is 19.8 Å². The Morgan fingerprint density at radius 1 is 1.20 bits per heavy atom. The lowest BCUT2D eigenvalue weighted by molar-refractivity contribution is -0.140. The van der Waals surface area contributed by atoms with E-state index in [9.17, 15) is 9.59 Å². The molecule has 0 spiro atoms. The number of esters is 2. The van der Waals surface area contributed by atoms with Crippen molar-refractivity contribution in [3.05, 3.63) is 35.5 Å². The summed E-state index contributed by atoms with van der Waals surface area (Å²) in [4.78, 5) is 25.8. The fourth-order valence-electron chi connectivity index (χ4n) is 2.42. The molecule has 7 nitrogen and oxygen atoms in total. The van der Waals surface area contributed by atoms with Gasteiger partial charge in [0.25, 0.3) is 0 Å². The van der Waals surface area contributed by atoms with E-state index in [4.69, 9.17) is 18.9 Å². The number of hydrogen-bond donors (Lipinski definition) is 0. The summed E-state index contributed by atoms with van der Waals surface area (Å²) >= 11 is 0. The van der Waals surface area contributed by atoms with Gasteiger partial charge < -0.3 is 23.8 Å². The molecule has 0 bridgehead atoms. The fourth-order valence-corrected chi connectivity index (χ4v) is 2.42. The first-order valence-corrected chi connectivity index (χ1v) is 8.10. The van der Waals surface area contributed by atoms with Crippen molar-refractivity contribution in [1.29, 1.82) is 0 Å². The molecule has 1 aromatic carbocycles. The molecule has 0 atom stereocenters. The molecule has 0 N–H and O–H groups in total. The minimum Gasteiger partial charge on any atom is -0.494 e. The van der Waals surface area contributed by atoms with Gasteiger partial charge in [0.2, 0.25) is 0 Å². The molecule has 7 heteroatoms. The Morgan fingerprint density at radius 3 is 2.64 bits per heavy atom. The van der Waals surface area contributed by atoms with Crippen LogP contribution in [0.5, 0.6) is 5.75 Å². The van der Waals surface area contributed by atoms with Crippen LogP contribution in [0.4, 0.5) is 5.69 Å². The minimum absolute atomic E-state index is 0.0136. The Bertz CT molecular complexity index is 655. The van der Waals surface area contributed by atoms with Gasteiger partial charge in [0.15, 0.2) is 0 Å². The zero-order chi connectivity index (χ0) is 18.2. The van der Waals surface area contributed by atoms with Crippen LogP contribution in [0.25, 0.3) is 0 Å². The lowest BCUT2D eigenvalue weighted by Gasteiger charge is -2.31. The minimum atomic E-state index is -0.625. The van der Waals surface area contributed by atoms with Gasteiger partial charge >= 0.3 is 11.9 Å². The molecule has 136 valence electrons. The first kappa shape index (κ1) is 18.8. The summed E-state index contributed by atoms with van der Waals surface area (Å²) in [6.45, 7) is 2.81. The number of anilines is 1. The second-order valence-corrected chi connectivity index (χ2v) is 5.42. The maximum Gasteiger partial charge on any atom is 0.355 e. The summed E-state index contributed by atoms with van der Waals surface area (Å²) in [7, 11) is 2.52. The van der Waals surface area contributed by atoms with Gasteiger partial charge in [0, 0.05) is 11.8 Å². The van der Waals surface area contributed by atoms with E-state index < -0.39 is 11.9 Å². The predicted octanol–water partition coefficient (Wildman–Crippen LogP) is 2.26. The third kappa shape index (κ3) is 4.51. The van der Waals surface area contributed by atoms with Crippen molar-refractivity contribution in [3.8, 4) is 5.75 Å². The van der Waals surface area contributed by atoms with Crippen LogP contribution < -0.4 is 9.64 Å². The Labute approximate surface area is 147 Å². The number of methoxy groups -OCH3 is 2. The van der Waals surface area contributed by atoms with Gasteiger partial charge in [-0.05, 0) is 18.6 Å². The summed E-state index contributed by atoms with van der Waals surface area (Å²) in [5.41, 5.74) is 0.903. The van der Waals surface area contributed by atoms with Crippen molar-refractivity contribution in [1.82, 2.24) is 0 Å². The molecule has 0 aliphatic carbocycles. The number of unbranched alkanes of at least 4 members (excludes halogenated alkanes) is 1. The monoisotopic (exact) mass is 349 g/mol. The zero-order valence-corrected chi connectivity index (χ0v) is 14.7.